The van der Waals surface area contributed by atoms with Gasteiger partial charge in [-0.3, -0.25) is 9.59 Å². The van der Waals surface area contributed by atoms with Gasteiger partial charge in [-0.15, -0.1) is 0 Å². The number of carbonyl (C=O) groups is 2. The van der Waals surface area contributed by atoms with E-state index in [0.29, 0.717) is 23.8 Å². The van der Waals surface area contributed by atoms with Gasteiger partial charge in [-0.2, -0.15) is 0 Å². The van der Waals surface area contributed by atoms with E-state index in [9.17, 15) is 9.59 Å². The summed E-state index contributed by atoms with van der Waals surface area (Å²) < 4.78 is 0. The molecule has 0 aromatic heterocycles. The highest BCUT2D eigenvalue weighted by atomic mass is 35.5. The first-order chi connectivity index (χ1) is 9.47. The first kappa shape index (κ1) is 16.3. The van der Waals surface area contributed by atoms with Crippen LogP contribution in [0.15, 0.2) is 24.3 Å². The molecule has 0 aliphatic carbocycles. The molecule has 1 aromatic rings. The number of halogens is 1. The zero-order valence-electron chi connectivity index (χ0n) is 11.7. The number of likely N-dealkylation sites (N-methyl/N-ethyl adjacent to an activating group) is 1. The van der Waals surface area contributed by atoms with Crippen LogP contribution >= 0.6 is 11.6 Å². The van der Waals surface area contributed by atoms with Gasteiger partial charge in [-0.25, -0.2) is 0 Å². The molecule has 0 heterocycles. The number of amides is 1. The second kappa shape index (κ2) is 7.75. The number of rotatable bonds is 7. The molecule has 20 heavy (non-hydrogen) atoms. The monoisotopic (exact) mass is 298 g/mol. The van der Waals surface area contributed by atoms with Gasteiger partial charge in [0.1, 0.15) is 6.54 Å². The lowest BCUT2D eigenvalue weighted by atomic mass is 10.2. The molecule has 0 fully saturated rings. The molecule has 0 unspecified atom stereocenters. The molecule has 1 aromatic carbocycles. The number of carboxylic acids is 1. The van der Waals surface area contributed by atoms with Crippen molar-refractivity contribution >= 4 is 29.2 Å². The van der Waals surface area contributed by atoms with Crippen LogP contribution in [0.5, 0.6) is 0 Å². The first-order valence-corrected chi connectivity index (χ1v) is 6.85. The smallest absolute Gasteiger partial charge is 0.323 e. The maximum atomic E-state index is 12.1. The highest BCUT2D eigenvalue weighted by Crippen LogP contribution is 2.18. The van der Waals surface area contributed by atoms with E-state index in [-0.39, 0.29) is 19.0 Å². The molecule has 0 radical (unpaired) electrons. The zero-order valence-corrected chi connectivity index (χ0v) is 12.4. The van der Waals surface area contributed by atoms with Crippen LogP contribution in [0, 0.1) is 0 Å². The maximum Gasteiger partial charge on any atom is 0.323 e. The lowest BCUT2D eigenvalue weighted by Gasteiger charge is -2.26. The Morgan fingerprint density at radius 2 is 1.65 bits per heavy atom. The number of nitrogens with zero attached hydrogens (tertiary/aromatic N) is 2. The molecule has 5 nitrogen and oxygen atoms in total. The SMILES string of the molecule is CCN(CC)C(=O)CN(CC(=O)O)c1ccc(Cl)cc1. The van der Waals surface area contributed by atoms with Crippen LogP contribution in [0.3, 0.4) is 0 Å². The summed E-state index contributed by atoms with van der Waals surface area (Å²) in [6.45, 7) is 4.81. The van der Waals surface area contributed by atoms with Gasteiger partial charge < -0.3 is 14.9 Å². The molecule has 0 bridgehead atoms. The third-order valence-corrected chi connectivity index (χ3v) is 3.21. The number of anilines is 1. The molecular formula is C14H19ClN2O3. The minimum Gasteiger partial charge on any atom is -0.480 e. The summed E-state index contributed by atoms with van der Waals surface area (Å²) in [7, 11) is 0. The summed E-state index contributed by atoms with van der Waals surface area (Å²) in [4.78, 5) is 26.2. The second-order valence-corrected chi connectivity index (χ2v) is 4.73. The van der Waals surface area contributed by atoms with E-state index in [1.165, 1.54) is 4.90 Å². The number of carboxylic acid groups (broad SMARTS) is 1. The molecule has 0 saturated carbocycles. The normalized spacial score (nSPS) is 10.2. The third-order valence-electron chi connectivity index (χ3n) is 2.96. The van der Waals surface area contributed by atoms with E-state index < -0.39 is 5.97 Å². The Morgan fingerprint density at radius 1 is 1.10 bits per heavy atom. The van der Waals surface area contributed by atoms with E-state index in [1.54, 1.807) is 29.2 Å². The van der Waals surface area contributed by atoms with Gasteiger partial charge in [0.2, 0.25) is 5.91 Å². The van der Waals surface area contributed by atoms with Gasteiger partial charge in [-0.05, 0) is 38.1 Å². The Balaban J connectivity index is 2.87. The van der Waals surface area contributed by atoms with E-state index >= 15 is 0 Å². The lowest BCUT2D eigenvalue weighted by Crippen LogP contribution is -2.42. The minimum atomic E-state index is -0.979. The van der Waals surface area contributed by atoms with Crippen molar-refractivity contribution in [2.75, 3.05) is 31.1 Å². The topological polar surface area (TPSA) is 60.9 Å². The molecule has 1 N–H and O–H groups in total. The highest BCUT2D eigenvalue weighted by molar-refractivity contribution is 6.30. The molecule has 6 heteroatoms. The standard InChI is InChI=1S/C14H19ClN2O3/c1-3-16(4-2)13(18)9-17(10-14(19)20)12-7-5-11(15)6-8-12/h5-8H,3-4,9-10H2,1-2H3,(H,19,20). The minimum absolute atomic E-state index is 0.0373. The highest BCUT2D eigenvalue weighted by Gasteiger charge is 2.17. The summed E-state index contributed by atoms with van der Waals surface area (Å²) >= 11 is 5.81. The van der Waals surface area contributed by atoms with E-state index in [1.807, 2.05) is 13.8 Å². The van der Waals surface area contributed by atoms with E-state index in [4.69, 9.17) is 16.7 Å². The van der Waals surface area contributed by atoms with Crippen molar-refractivity contribution < 1.29 is 14.7 Å². The van der Waals surface area contributed by atoms with E-state index in [2.05, 4.69) is 0 Å². The summed E-state index contributed by atoms with van der Waals surface area (Å²) in [6.07, 6.45) is 0. The van der Waals surface area contributed by atoms with Crippen molar-refractivity contribution in [3.63, 3.8) is 0 Å². The van der Waals surface area contributed by atoms with Crippen LogP contribution < -0.4 is 4.90 Å². The molecule has 1 rings (SSSR count). The lowest BCUT2D eigenvalue weighted by molar-refractivity contribution is -0.135. The zero-order chi connectivity index (χ0) is 15.1. The van der Waals surface area contributed by atoms with Crippen LogP contribution in [0.4, 0.5) is 5.69 Å². The summed E-state index contributed by atoms with van der Waals surface area (Å²) in [6, 6.07) is 6.77. The molecular weight excluding hydrogens is 280 g/mol. The van der Waals surface area contributed by atoms with Crippen LogP contribution in [0.25, 0.3) is 0 Å². The fourth-order valence-electron chi connectivity index (χ4n) is 1.89. The maximum absolute atomic E-state index is 12.1. The molecule has 1 amide bonds. The van der Waals surface area contributed by atoms with E-state index in [0.717, 1.165) is 0 Å². The number of aliphatic carboxylic acids is 1. The predicted octanol–water partition coefficient (Wildman–Crippen LogP) is 2.10. The number of benzene rings is 1. The fraction of sp³-hybridized carbons (Fsp3) is 0.429. The molecule has 110 valence electrons. The fourth-order valence-corrected chi connectivity index (χ4v) is 2.02. The number of hydrogen-bond acceptors (Lipinski definition) is 3. The van der Waals surface area contributed by atoms with Gasteiger partial charge in [0, 0.05) is 23.8 Å². The Hall–Kier alpha value is -1.75. The van der Waals surface area contributed by atoms with Crippen molar-refractivity contribution in [1.29, 1.82) is 0 Å². The molecule has 0 saturated heterocycles. The van der Waals surface area contributed by atoms with Gasteiger partial charge in [0.25, 0.3) is 0 Å². The van der Waals surface area contributed by atoms with Crippen molar-refractivity contribution in [3.8, 4) is 0 Å². The van der Waals surface area contributed by atoms with Gasteiger partial charge in [0.05, 0.1) is 6.54 Å². The largest absolute Gasteiger partial charge is 0.480 e. The second-order valence-electron chi connectivity index (χ2n) is 4.29. The summed E-state index contributed by atoms with van der Waals surface area (Å²) in [5.74, 6) is -1.07. The molecule has 0 spiro atoms. The van der Waals surface area contributed by atoms with Gasteiger partial charge in [-0.1, -0.05) is 11.6 Å². The van der Waals surface area contributed by atoms with Gasteiger partial charge >= 0.3 is 5.97 Å². The van der Waals surface area contributed by atoms with Crippen LogP contribution in [-0.2, 0) is 9.59 Å². The van der Waals surface area contributed by atoms with Crippen molar-refractivity contribution in [2.45, 2.75) is 13.8 Å². The van der Waals surface area contributed by atoms with Crippen molar-refractivity contribution in [2.24, 2.45) is 0 Å². The predicted molar refractivity (Wildman–Crippen MR) is 79.2 cm³/mol. The van der Waals surface area contributed by atoms with Crippen LogP contribution in [0.1, 0.15) is 13.8 Å². The average Bonchev–Trinajstić information content (AvgIpc) is 2.39. The Bertz CT molecular complexity index is 458. The first-order valence-electron chi connectivity index (χ1n) is 6.48. The van der Waals surface area contributed by atoms with Gasteiger partial charge in [0.15, 0.2) is 0 Å². The van der Waals surface area contributed by atoms with Crippen molar-refractivity contribution in [3.05, 3.63) is 29.3 Å². The number of carbonyl (C=O) groups excluding carboxylic acids is 1. The average molecular weight is 299 g/mol. The third kappa shape index (κ3) is 4.74. The quantitative estimate of drug-likeness (QED) is 0.837. The Kier molecular flexibility index (Phi) is 6.31. The summed E-state index contributed by atoms with van der Waals surface area (Å²) in [5.41, 5.74) is 0.664. The van der Waals surface area contributed by atoms with Crippen LogP contribution in [-0.4, -0.2) is 48.1 Å². The van der Waals surface area contributed by atoms with Crippen molar-refractivity contribution in [1.82, 2.24) is 4.90 Å². The summed E-state index contributed by atoms with van der Waals surface area (Å²) in [5, 5.41) is 9.54. The molecule has 0 aliphatic heterocycles. The number of hydrogen-bond donors (Lipinski definition) is 1. The Labute approximate surface area is 123 Å². The van der Waals surface area contributed by atoms with Crippen LogP contribution in [0.2, 0.25) is 5.02 Å². The molecule has 0 aliphatic rings. The Morgan fingerprint density at radius 3 is 2.10 bits per heavy atom. The molecule has 0 atom stereocenters.